The molecular weight excluding hydrogens is 509 g/mol. The van der Waals surface area contributed by atoms with Gasteiger partial charge in [-0.3, -0.25) is 15.0 Å². The van der Waals surface area contributed by atoms with Gasteiger partial charge in [0.25, 0.3) is 5.91 Å². The van der Waals surface area contributed by atoms with E-state index >= 15 is 0 Å². The molecule has 14 heteroatoms. The molecule has 0 spiro atoms. The Labute approximate surface area is 216 Å². The number of rotatable bonds is 7. The number of pyridine rings is 2. The molecule has 2 bridgehead atoms. The Morgan fingerprint density at radius 2 is 2.08 bits per heavy atom. The number of hydrogen-bond donors (Lipinski definition) is 4. The Bertz CT molecular complexity index is 1180. The number of halogens is 3. The van der Waals surface area contributed by atoms with Gasteiger partial charge in [-0.25, -0.2) is 14.8 Å². The molecule has 1 fully saturated rings. The molecule has 0 aliphatic carbocycles. The molecule has 11 nitrogen and oxygen atoms in total. The topological polar surface area (TPSA) is 140 Å². The molecule has 3 amide bonds. The van der Waals surface area contributed by atoms with Crippen molar-refractivity contribution in [2.75, 3.05) is 41.4 Å². The number of urea groups is 1. The van der Waals surface area contributed by atoms with E-state index in [9.17, 15) is 27.9 Å². The van der Waals surface area contributed by atoms with Gasteiger partial charge < -0.3 is 25.2 Å². The molecule has 0 aromatic carbocycles. The lowest BCUT2D eigenvalue weighted by atomic mass is 9.98. The van der Waals surface area contributed by atoms with Crippen LogP contribution >= 0.6 is 0 Å². The minimum atomic E-state index is -4.61. The third-order valence-electron chi connectivity index (χ3n) is 6.39. The van der Waals surface area contributed by atoms with Gasteiger partial charge in [0.15, 0.2) is 5.82 Å². The maximum absolute atomic E-state index is 13.4. The second kappa shape index (κ2) is 11.0. The van der Waals surface area contributed by atoms with Crippen LogP contribution in [0.25, 0.3) is 0 Å². The van der Waals surface area contributed by atoms with Crippen LogP contribution in [0.15, 0.2) is 24.4 Å². The first kappa shape index (κ1) is 27.4. The average Bonchev–Trinajstić information content (AvgIpc) is 2.87. The molecule has 0 saturated carbocycles. The number of aliphatic hydroxyl groups excluding tert-OH is 2. The molecule has 38 heavy (non-hydrogen) atoms. The molecule has 3 atom stereocenters. The summed E-state index contributed by atoms with van der Waals surface area (Å²) in [5.74, 6) is -0.270. The SMILES string of the molecule is Cc1cc(C(=O)NC(C)C(F)(F)F)nc2c1N1CCC[C@@H](C1)N2C(=O)Nc1ccc(OCC(O)CO)cn1. The predicted octanol–water partition coefficient (Wildman–Crippen LogP) is 2.22. The van der Waals surface area contributed by atoms with Gasteiger partial charge in [-0.15, -0.1) is 0 Å². The molecule has 4 N–H and O–H groups in total. The number of alkyl halides is 3. The van der Waals surface area contributed by atoms with Crippen molar-refractivity contribution in [2.24, 2.45) is 0 Å². The van der Waals surface area contributed by atoms with E-state index in [4.69, 9.17) is 9.84 Å². The number of fused-ring (bicyclic) bond motifs is 4. The van der Waals surface area contributed by atoms with Gasteiger partial charge in [0.05, 0.1) is 24.5 Å². The zero-order valence-corrected chi connectivity index (χ0v) is 20.8. The van der Waals surface area contributed by atoms with Crippen molar-refractivity contribution in [1.29, 1.82) is 0 Å². The number of carbonyl (C=O) groups excluding carboxylic acids is 2. The molecule has 206 valence electrons. The highest BCUT2D eigenvalue weighted by Crippen LogP contribution is 2.40. The normalized spacial score (nSPS) is 18.3. The first-order valence-corrected chi connectivity index (χ1v) is 12.1. The quantitative estimate of drug-likeness (QED) is 0.421. The van der Waals surface area contributed by atoms with E-state index in [0.717, 1.165) is 19.9 Å². The van der Waals surface area contributed by atoms with Gasteiger partial charge in [-0.05, 0) is 50.5 Å². The Kier molecular flexibility index (Phi) is 7.92. The summed E-state index contributed by atoms with van der Waals surface area (Å²) >= 11 is 0. The van der Waals surface area contributed by atoms with Gasteiger partial charge in [0.2, 0.25) is 0 Å². The maximum Gasteiger partial charge on any atom is 0.408 e. The van der Waals surface area contributed by atoms with Crippen LogP contribution in [0.4, 0.5) is 35.3 Å². The summed E-state index contributed by atoms with van der Waals surface area (Å²) in [6.45, 7) is 3.27. The summed E-state index contributed by atoms with van der Waals surface area (Å²) in [5, 5.41) is 22.9. The lowest BCUT2D eigenvalue weighted by Crippen LogP contribution is -2.56. The molecular formula is C24H29F3N6O5. The smallest absolute Gasteiger partial charge is 0.408 e. The molecule has 2 aliphatic rings. The average molecular weight is 539 g/mol. The Morgan fingerprint density at radius 1 is 1.32 bits per heavy atom. The number of aryl methyl sites for hydroxylation is 1. The molecule has 4 rings (SSSR count). The zero-order chi connectivity index (χ0) is 27.6. The summed E-state index contributed by atoms with van der Waals surface area (Å²) in [4.78, 5) is 38.1. The van der Waals surface area contributed by atoms with E-state index in [1.54, 1.807) is 6.92 Å². The van der Waals surface area contributed by atoms with Gasteiger partial charge >= 0.3 is 12.2 Å². The van der Waals surface area contributed by atoms with E-state index in [2.05, 4.69) is 20.2 Å². The lowest BCUT2D eigenvalue weighted by Gasteiger charge is -2.46. The largest absolute Gasteiger partial charge is 0.489 e. The summed E-state index contributed by atoms with van der Waals surface area (Å²) < 4.78 is 44.3. The maximum atomic E-state index is 13.4. The Morgan fingerprint density at radius 3 is 2.74 bits per heavy atom. The summed E-state index contributed by atoms with van der Waals surface area (Å²) in [7, 11) is 0. The van der Waals surface area contributed by atoms with Crippen LogP contribution < -0.4 is 25.2 Å². The van der Waals surface area contributed by atoms with Crippen LogP contribution in [-0.4, -0.2) is 82.8 Å². The summed E-state index contributed by atoms with van der Waals surface area (Å²) in [6, 6.07) is 1.57. The van der Waals surface area contributed by atoms with Gasteiger partial charge in [-0.2, -0.15) is 13.2 Å². The highest BCUT2D eigenvalue weighted by Gasteiger charge is 2.41. The first-order valence-electron chi connectivity index (χ1n) is 12.1. The molecule has 2 aliphatic heterocycles. The number of ether oxygens (including phenoxy) is 1. The second-order valence-corrected chi connectivity index (χ2v) is 9.30. The number of nitrogens with one attached hydrogen (secondary N) is 2. The molecule has 1 saturated heterocycles. The lowest BCUT2D eigenvalue weighted by molar-refractivity contribution is -0.149. The van der Waals surface area contributed by atoms with Crippen LogP contribution in [0.3, 0.4) is 0 Å². The highest BCUT2D eigenvalue weighted by atomic mass is 19.4. The predicted molar refractivity (Wildman–Crippen MR) is 132 cm³/mol. The van der Waals surface area contributed by atoms with Crippen LogP contribution in [0, 0.1) is 6.92 Å². The second-order valence-electron chi connectivity index (χ2n) is 9.30. The van der Waals surface area contributed by atoms with Crippen LogP contribution in [0.1, 0.15) is 35.8 Å². The standard InChI is InChI=1S/C24H29F3N6O5/c1-13-8-18(22(36)29-14(2)24(25,26)27)30-21-20(13)32-7-3-4-15(10-32)33(21)23(37)31-19-6-5-17(9-28-19)38-12-16(35)11-34/h5-6,8-9,14-16,34-35H,3-4,7,10-12H2,1-2H3,(H,29,36)(H,28,31,37)/t14?,15-,16?/m0/s1. The Hall–Kier alpha value is -3.65. The minimum absolute atomic E-state index is 0.130. The van der Waals surface area contributed by atoms with Crippen molar-refractivity contribution in [3.05, 3.63) is 35.7 Å². The molecule has 2 unspecified atom stereocenters. The number of amides is 3. The Balaban J connectivity index is 1.58. The van der Waals surface area contributed by atoms with Gasteiger partial charge in [-0.1, -0.05) is 0 Å². The number of aromatic nitrogens is 2. The van der Waals surface area contributed by atoms with Crippen LogP contribution in [0.5, 0.6) is 5.75 Å². The number of carbonyl (C=O) groups is 2. The summed E-state index contributed by atoms with van der Waals surface area (Å²) in [5.41, 5.74) is 1.04. The van der Waals surface area contributed by atoms with Crippen molar-refractivity contribution in [1.82, 2.24) is 15.3 Å². The molecule has 2 aromatic heterocycles. The molecule has 0 radical (unpaired) electrons. The summed E-state index contributed by atoms with van der Waals surface area (Å²) in [6.07, 6.45) is -2.80. The third-order valence-corrected chi connectivity index (χ3v) is 6.39. The van der Waals surface area contributed by atoms with Gasteiger partial charge in [0.1, 0.15) is 36.0 Å². The fraction of sp³-hybridized carbons (Fsp3) is 0.500. The number of hydrogen-bond acceptors (Lipinski definition) is 8. The molecule has 2 aromatic rings. The van der Waals surface area contributed by atoms with E-state index < -0.39 is 36.9 Å². The van der Waals surface area contributed by atoms with Crippen LogP contribution in [-0.2, 0) is 0 Å². The fourth-order valence-electron chi connectivity index (χ4n) is 4.43. The fourth-order valence-corrected chi connectivity index (χ4v) is 4.43. The first-order chi connectivity index (χ1) is 18.0. The molecule has 4 heterocycles. The highest BCUT2D eigenvalue weighted by molar-refractivity contribution is 6.05. The number of anilines is 3. The van der Waals surface area contributed by atoms with Crippen LogP contribution in [0.2, 0.25) is 0 Å². The van der Waals surface area contributed by atoms with E-state index in [-0.39, 0.29) is 30.0 Å². The van der Waals surface area contributed by atoms with E-state index in [0.29, 0.717) is 30.0 Å². The monoisotopic (exact) mass is 538 g/mol. The van der Waals surface area contributed by atoms with Crippen molar-refractivity contribution in [3.8, 4) is 5.75 Å². The van der Waals surface area contributed by atoms with E-state index in [1.165, 1.54) is 29.3 Å². The minimum Gasteiger partial charge on any atom is -0.489 e. The van der Waals surface area contributed by atoms with Crippen molar-refractivity contribution < 1.29 is 37.7 Å². The van der Waals surface area contributed by atoms with E-state index in [1.807, 2.05) is 5.32 Å². The zero-order valence-electron chi connectivity index (χ0n) is 20.8. The van der Waals surface area contributed by atoms with Crippen molar-refractivity contribution >= 4 is 29.3 Å². The number of aliphatic hydroxyl groups is 2. The third kappa shape index (κ3) is 5.91. The number of piperidine rings is 1. The van der Waals surface area contributed by atoms with Gasteiger partial charge in [0, 0.05) is 13.1 Å². The number of nitrogens with zero attached hydrogens (tertiary/aromatic N) is 4. The van der Waals surface area contributed by atoms with Crippen molar-refractivity contribution in [2.45, 2.75) is 51.1 Å². The van der Waals surface area contributed by atoms with Crippen molar-refractivity contribution in [3.63, 3.8) is 0 Å².